The molecule has 1 atom stereocenters. The van der Waals surface area contributed by atoms with Crippen molar-refractivity contribution in [1.82, 2.24) is 10.7 Å². The van der Waals surface area contributed by atoms with E-state index in [4.69, 9.17) is 0 Å². The first-order valence-corrected chi connectivity index (χ1v) is 2.84. The van der Waals surface area contributed by atoms with Gasteiger partial charge in [0.1, 0.15) is 23.0 Å². The number of nitrogens with zero attached hydrogens (tertiary/aromatic N) is 1. The number of halogens is 1. The van der Waals surface area contributed by atoms with E-state index in [1.807, 2.05) is 0 Å². The maximum Gasteiger partial charge on any atom is 0.139 e. The molecule has 0 saturated heterocycles. The van der Waals surface area contributed by atoms with Gasteiger partial charge in [0.15, 0.2) is 0 Å². The smallest absolute Gasteiger partial charge is 0.139 e. The summed E-state index contributed by atoms with van der Waals surface area (Å²) in [6.07, 6.45) is 0. The number of hydrogen-bond acceptors (Lipinski definition) is 4. The van der Waals surface area contributed by atoms with Crippen LogP contribution in [-0.4, -0.2) is 19.3 Å². The average molecular weight is 233 g/mol. The molecule has 50 valence electrons. The van der Waals surface area contributed by atoms with E-state index < -0.39 is 0 Å². The molecule has 2 N–H and O–H groups in total. The van der Waals surface area contributed by atoms with Gasteiger partial charge in [0.05, 0.1) is 7.05 Å². The molecule has 0 aromatic heterocycles. The molecule has 0 aromatic rings. The third-order valence-corrected chi connectivity index (χ3v) is 1.01. The molecule has 0 aliphatic carbocycles. The largest absolute Gasteiger partial charge is 0.612 e. The van der Waals surface area contributed by atoms with Gasteiger partial charge in [-0.25, -0.2) is 3.17 Å². The number of hydrazine groups is 1. The Morgan fingerprint density at radius 3 is 2.50 bits per heavy atom. The van der Waals surface area contributed by atoms with Crippen molar-refractivity contribution in [2.24, 2.45) is 0 Å². The zero-order valence-corrected chi connectivity index (χ0v) is 6.80. The highest BCUT2D eigenvalue weighted by atomic mass is 127. The van der Waals surface area contributed by atoms with Crippen LogP contribution in [0.1, 0.15) is 0 Å². The monoisotopic (exact) mass is 233 g/mol. The molecule has 5 nitrogen and oxygen atoms in total. The van der Waals surface area contributed by atoms with E-state index in [1.54, 1.807) is 30.1 Å². The van der Waals surface area contributed by atoms with Crippen LogP contribution < -0.4 is 10.7 Å². The second kappa shape index (κ2) is 4.41. The minimum Gasteiger partial charge on any atom is -0.612 e. The van der Waals surface area contributed by atoms with Crippen LogP contribution in [0.5, 0.6) is 0 Å². The van der Waals surface area contributed by atoms with E-state index in [9.17, 15) is 5.21 Å². The van der Waals surface area contributed by atoms with Crippen LogP contribution in [0.4, 0.5) is 0 Å². The Morgan fingerprint density at radius 1 is 1.88 bits per heavy atom. The minimum atomic E-state index is -0.149. The minimum absolute atomic E-state index is 0.149. The van der Waals surface area contributed by atoms with Gasteiger partial charge in [0.2, 0.25) is 0 Å². The zero-order valence-electron chi connectivity index (χ0n) is 4.64. The normalized spacial score (nSPS) is 14.6. The first-order valence-electron chi connectivity index (χ1n) is 1.96. The maximum atomic E-state index is 10.2. The lowest BCUT2D eigenvalue weighted by molar-refractivity contribution is -0.899. The molecule has 8 heavy (non-hydrogen) atoms. The van der Waals surface area contributed by atoms with Gasteiger partial charge in [0, 0.05) is 7.05 Å². The van der Waals surface area contributed by atoms with E-state index in [1.165, 1.54) is 12.2 Å². The lowest BCUT2D eigenvalue weighted by Gasteiger charge is -2.20. The van der Waals surface area contributed by atoms with E-state index in [0.29, 0.717) is 0 Å². The first-order chi connectivity index (χ1) is 3.66. The van der Waals surface area contributed by atoms with Crippen molar-refractivity contribution in [3.8, 4) is 0 Å². The van der Waals surface area contributed by atoms with Crippen LogP contribution in [-0.2, 0) is 3.17 Å². The Bertz CT molecular complexity index is 61.2. The summed E-state index contributed by atoms with van der Waals surface area (Å²) in [6.45, 7) is 0. The molecule has 0 aromatic carbocycles. The predicted molar refractivity (Wildman–Crippen MR) is 36.3 cm³/mol. The van der Waals surface area contributed by atoms with Crippen molar-refractivity contribution in [1.29, 1.82) is 0 Å². The molecule has 0 rings (SSSR count). The molecule has 0 saturated carbocycles. The van der Waals surface area contributed by atoms with E-state index in [2.05, 4.69) is 8.70 Å². The Balaban J connectivity index is 3.10. The fourth-order valence-corrected chi connectivity index (χ4v) is 0.337. The summed E-state index contributed by atoms with van der Waals surface area (Å²) in [5.74, 6) is 0. The van der Waals surface area contributed by atoms with Gasteiger partial charge in [-0.3, -0.25) is 5.17 Å². The summed E-state index contributed by atoms with van der Waals surface area (Å²) in [4.78, 5) is 0. The summed E-state index contributed by atoms with van der Waals surface area (Å²) in [6, 6.07) is 0. The third-order valence-electron chi connectivity index (χ3n) is 0.418. The molecule has 0 radical (unpaired) electrons. The van der Waals surface area contributed by atoms with Gasteiger partial charge in [-0.05, 0) is 0 Å². The number of nitrogens with one attached hydrogen (secondary N) is 2. The fourth-order valence-electron chi connectivity index (χ4n) is 0.239. The molecule has 0 bridgehead atoms. The Kier molecular flexibility index (Phi) is 4.71. The Labute approximate surface area is 61.7 Å². The van der Waals surface area contributed by atoms with Crippen molar-refractivity contribution < 1.29 is 8.34 Å². The molecule has 0 aliphatic heterocycles. The molecule has 0 spiro atoms. The van der Waals surface area contributed by atoms with Crippen LogP contribution in [0.25, 0.3) is 0 Å². The number of hydroxylamine groups is 2. The molecule has 0 fully saturated rings. The lowest BCUT2D eigenvalue weighted by Crippen LogP contribution is -3.12. The standard InChI is InChI=1S/C2H8IN3O2/c1-5(7)4-6(2)8-3/h4-5H,1-2H3. The zero-order chi connectivity index (χ0) is 6.57. The Hall–Kier alpha value is 0.530. The van der Waals surface area contributed by atoms with Crippen molar-refractivity contribution in [2.75, 3.05) is 14.1 Å². The summed E-state index contributed by atoms with van der Waals surface area (Å²) in [5.41, 5.74) is 2.36. The molecule has 1 unspecified atom stereocenters. The number of rotatable bonds is 3. The van der Waals surface area contributed by atoms with Crippen molar-refractivity contribution in [2.45, 2.75) is 0 Å². The molecule has 0 heterocycles. The van der Waals surface area contributed by atoms with Gasteiger partial charge in [-0.2, -0.15) is 0 Å². The van der Waals surface area contributed by atoms with Crippen LogP contribution in [0.3, 0.4) is 0 Å². The molecule has 6 heteroatoms. The highest BCUT2D eigenvalue weighted by Crippen LogP contribution is 1.83. The lowest BCUT2D eigenvalue weighted by atomic mass is 11.4. The molecule has 0 aliphatic rings. The SMILES string of the molecule is CN(N[NH+](C)[O-])OI. The highest BCUT2D eigenvalue weighted by Gasteiger charge is 1.93. The molecular weight excluding hydrogens is 225 g/mol. The van der Waals surface area contributed by atoms with Crippen LogP contribution >= 0.6 is 23.0 Å². The van der Waals surface area contributed by atoms with Gasteiger partial charge in [-0.15, -0.1) is 0 Å². The summed E-state index contributed by atoms with van der Waals surface area (Å²) < 4.78 is 4.53. The quantitative estimate of drug-likeness (QED) is 0.466. The molecule has 0 amide bonds. The van der Waals surface area contributed by atoms with E-state index in [-0.39, 0.29) is 5.17 Å². The predicted octanol–water partition coefficient (Wildman–Crippen LogP) is -1.37. The van der Waals surface area contributed by atoms with Crippen molar-refractivity contribution in [3.63, 3.8) is 0 Å². The number of hydrogen-bond donors (Lipinski definition) is 2. The van der Waals surface area contributed by atoms with Crippen molar-refractivity contribution >= 4 is 23.0 Å². The third kappa shape index (κ3) is 4.68. The maximum absolute atomic E-state index is 10.2. The van der Waals surface area contributed by atoms with Crippen LogP contribution in [0.15, 0.2) is 0 Å². The van der Waals surface area contributed by atoms with Crippen LogP contribution in [0, 0.1) is 5.21 Å². The second-order valence-electron chi connectivity index (χ2n) is 1.23. The number of quaternary nitrogens is 1. The summed E-state index contributed by atoms with van der Waals surface area (Å²) in [7, 11) is 3.00. The summed E-state index contributed by atoms with van der Waals surface area (Å²) >= 11 is 1.66. The van der Waals surface area contributed by atoms with Gasteiger partial charge in [-0.1, -0.05) is 10.7 Å². The van der Waals surface area contributed by atoms with E-state index in [0.717, 1.165) is 0 Å². The Morgan fingerprint density at radius 2 is 2.38 bits per heavy atom. The first kappa shape index (κ1) is 8.53. The van der Waals surface area contributed by atoms with Crippen molar-refractivity contribution in [3.05, 3.63) is 5.21 Å². The van der Waals surface area contributed by atoms with Gasteiger partial charge < -0.3 is 5.21 Å². The molecular formula is C2H8IN3O2. The average Bonchev–Trinajstić information content (AvgIpc) is 1.65. The van der Waals surface area contributed by atoms with E-state index >= 15 is 0 Å². The topological polar surface area (TPSA) is 52.0 Å². The summed E-state index contributed by atoms with van der Waals surface area (Å²) in [5, 5.41) is 11.2. The highest BCUT2D eigenvalue weighted by molar-refractivity contribution is 14.1. The van der Waals surface area contributed by atoms with Gasteiger partial charge in [0.25, 0.3) is 0 Å². The second-order valence-corrected chi connectivity index (χ2v) is 1.63. The van der Waals surface area contributed by atoms with Crippen LogP contribution in [0.2, 0.25) is 0 Å². The fraction of sp³-hybridized carbons (Fsp3) is 1.00. The van der Waals surface area contributed by atoms with Gasteiger partial charge >= 0.3 is 0 Å².